The number of allylic oxidation sites excluding steroid dienone is 1. The molecule has 0 radical (unpaired) electrons. The Balaban J connectivity index is 3.95. The molecule has 1 nitrogen and oxygen atoms in total. The van der Waals surface area contributed by atoms with Gasteiger partial charge >= 0.3 is 0 Å². The Kier molecular flexibility index (Phi) is 5.01. The van der Waals surface area contributed by atoms with Gasteiger partial charge in [-0.1, -0.05) is 26.5 Å². The molecule has 0 aromatic heterocycles. The number of hydrogen-bond donors (Lipinski definition) is 0. The molecule has 0 aliphatic carbocycles. The highest BCUT2D eigenvalue weighted by Crippen LogP contribution is 2.03. The fraction of sp³-hybridized carbons (Fsp3) is 0.667. The van der Waals surface area contributed by atoms with Crippen molar-refractivity contribution in [1.82, 2.24) is 0 Å². The lowest BCUT2D eigenvalue weighted by atomic mass is 10.2. The summed E-state index contributed by atoms with van der Waals surface area (Å²) in [6.07, 6.45) is 4.53. The molecule has 0 aliphatic rings. The molecule has 0 fully saturated rings. The summed E-state index contributed by atoms with van der Waals surface area (Å²) >= 11 is 0. The Labute approximate surface area is 83.3 Å². The van der Waals surface area contributed by atoms with Crippen molar-refractivity contribution < 1.29 is 4.48 Å². The van der Waals surface area contributed by atoms with E-state index in [0.717, 1.165) is 17.6 Å². The number of quaternary nitrogens is 1. The molecule has 0 saturated carbocycles. The predicted octanol–water partition coefficient (Wildman–Crippen LogP) is 2.85. The molecule has 0 heterocycles. The van der Waals surface area contributed by atoms with Gasteiger partial charge in [-0.15, -0.1) is 0 Å². The van der Waals surface area contributed by atoms with E-state index in [2.05, 4.69) is 53.6 Å². The van der Waals surface area contributed by atoms with Crippen LogP contribution in [0.1, 0.15) is 20.8 Å². The molecule has 0 spiro atoms. The maximum Gasteiger partial charge on any atom is 0.0996 e. The molecule has 0 N–H and O–H groups in total. The average Bonchev–Trinajstić information content (AvgIpc) is 1.81. The number of hydrogen-bond acceptors (Lipinski definition) is 0. The van der Waals surface area contributed by atoms with Crippen LogP contribution in [0, 0.1) is 5.92 Å². The third-order valence-electron chi connectivity index (χ3n) is 1.82. The maximum absolute atomic E-state index is 3.94. The molecule has 0 aliphatic heterocycles. The molecule has 76 valence electrons. The first-order chi connectivity index (χ1) is 5.83. The van der Waals surface area contributed by atoms with Gasteiger partial charge in [0.2, 0.25) is 0 Å². The van der Waals surface area contributed by atoms with Crippen LogP contribution in [-0.4, -0.2) is 31.7 Å². The first kappa shape index (κ1) is 12.4. The Hall–Kier alpha value is -0.560. The highest BCUT2D eigenvalue weighted by atomic mass is 15.3. The monoisotopic (exact) mass is 182 g/mol. The number of rotatable bonds is 5. The van der Waals surface area contributed by atoms with Crippen molar-refractivity contribution in [1.29, 1.82) is 0 Å². The van der Waals surface area contributed by atoms with Crippen LogP contribution in [-0.2, 0) is 0 Å². The predicted molar refractivity (Wildman–Crippen MR) is 60.6 cm³/mol. The smallest absolute Gasteiger partial charge is 0.0996 e. The van der Waals surface area contributed by atoms with Crippen LogP contribution in [0.2, 0.25) is 0 Å². The van der Waals surface area contributed by atoms with Gasteiger partial charge in [-0.25, -0.2) is 0 Å². The standard InChI is InChI=1S/C12H24N/c1-11(2)8-7-9-13(5,6)10-12(3)4/h7-8,11H,3,9-10H2,1-2,4-6H3/q+1/b8-7+. The molecule has 1 heteroatoms. The van der Waals surface area contributed by atoms with Crippen LogP contribution >= 0.6 is 0 Å². The van der Waals surface area contributed by atoms with Crippen LogP contribution in [0.15, 0.2) is 24.3 Å². The van der Waals surface area contributed by atoms with E-state index in [1.165, 1.54) is 5.57 Å². The summed E-state index contributed by atoms with van der Waals surface area (Å²) in [6.45, 7) is 12.6. The molecule has 0 aromatic carbocycles. The van der Waals surface area contributed by atoms with E-state index in [-0.39, 0.29) is 0 Å². The molecule has 0 aromatic rings. The summed E-state index contributed by atoms with van der Waals surface area (Å²) in [5, 5.41) is 0. The van der Waals surface area contributed by atoms with Crippen molar-refractivity contribution in [2.24, 2.45) is 5.92 Å². The van der Waals surface area contributed by atoms with Gasteiger partial charge < -0.3 is 4.48 Å². The SMILES string of the molecule is C=C(C)C[N+](C)(C)C/C=C/C(C)C. The van der Waals surface area contributed by atoms with Crippen LogP contribution in [0.3, 0.4) is 0 Å². The summed E-state index contributed by atoms with van der Waals surface area (Å²) in [6, 6.07) is 0. The van der Waals surface area contributed by atoms with Crippen molar-refractivity contribution in [3.8, 4) is 0 Å². The lowest BCUT2D eigenvalue weighted by molar-refractivity contribution is -0.879. The largest absolute Gasteiger partial charge is 0.322 e. The summed E-state index contributed by atoms with van der Waals surface area (Å²) in [5.41, 5.74) is 1.25. The van der Waals surface area contributed by atoms with Gasteiger partial charge in [-0.3, -0.25) is 0 Å². The van der Waals surface area contributed by atoms with Gasteiger partial charge in [-0.2, -0.15) is 0 Å². The normalized spacial score (nSPS) is 12.8. The first-order valence-electron chi connectivity index (χ1n) is 4.96. The summed E-state index contributed by atoms with van der Waals surface area (Å²) in [4.78, 5) is 0. The van der Waals surface area contributed by atoms with E-state index < -0.39 is 0 Å². The third kappa shape index (κ3) is 7.79. The molecule has 0 rings (SSSR count). The fourth-order valence-corrected chi connectivity index (χ4v) is 1.41. The second kappa shape index (κ2) is 5.23. The number of likely N-dealkylation sites (N-methyl/N-ethyl adjacent to an activating group) is 1. The number of nitrogens with zero attached hydrogens (tertiary/aromatic N) is 1. The molecular weight excluding hydrogens is 158 g/mol. The van der Waals surface area contributed by atoms with E-state index in [9.17, 15) is 0 Å². The van der Waals surface area contributed by atoms with Crippen molar-refractivity contribution in [2.45, 2.75) is 20.8 Å². The van der Waals surface area contributed by atoms with E-state index in [4.69, 9.17) is 0 Å². The molecule has 0 amide bonds. The lowest BCUT2D eigenvalue weighted by Crippen LogP contribution is -2.40. The first-order valence-corrected chi connectivity index (χ1v) is 4.96. The molecule has 0 saturated heterocycles. The Morgan fingerprint density at radius 2 is 1.92 bits per heavy atom. The fourth-order valence-electron chi connectivity index (χ4n) is 1.41. The Morgan fingerprint density at radius 1 is 1.38 bits per heavy atom. The zero-order chi connectivity index (χ0) is 10.5. The van der Waals surface area contributed by atoms with Gasteiger partial charge in [-0.05, 0) is 24.5 Å². The second-order valence-electron chi connectivity index (χ2n) is 4.91. The van der Waals surface area contributed by atoms with E-state index in [1.54, 1.807) is 0 Å². The Morgan fingerprint density at radius 3 is 2.31 bits per heavy atom. The minimum Gasteiger partial charge on any atom is -0.322 e. The van der Waals surface area contributed by atoms with Crippen molar-refractivity contribution in [3.63, 3.8) is 0 Å². The summed E-state index contributed by atoms with van der Waals surface area (Å²) in [5.74, 6) is 0.657. The minimum atomic E-state index is 0.657. The molecule has 0 atom stereocenters. The highest BCUT2D eigenvalue weighted by Gasteiger charge is 2.11. The molecular formula is C12H24N+. The quantitative estimate of drug-likeness (QED) is 0.453. The van der Waals surface area contributed by atoms with Gasteiger partial charge in [0.15, 0.2) is 0 Å². The zero-order valence-electron chi connectivity index (χ0n) is 9.80. The van der Waals surface area contributed by atoms with Crippen LogP contribution in [0.25, 0.3) is 0 Å². The van der Waals surface area contributed by atoms with Crippen molar-refractivity contribution >= 4 is 0 Å². The average molecular weight is 182 g/mol. The second-order valence-corrected chi connectivity index (χ2v) is 4.91. The van der Waals surface area contributed by atoms with E-state index >= 15 is 0 Å². The van der Waals surface area contributed by atoms with E-state index in [0.29, 0.717) is 5.92 Å². The van der Waals surface area contributed by atoms with Crippen LogP contribution < -0.4 is 0 Å². The van der Waals surface area contributed by atoms with Crippen molar-refractivity contribution in [3.05, 3.63) is 24.3 Å². The zero-order valence-corrected chi connectivity index (χ0v) is 9.80. The lowest BCUT2D eigenvalue weighted by Gasteiger charge is -2.28. The molecule has 0 bridgehead atoms. The third-order valence-corrected chi connectivity index (χ3v) is 1.82. The molecule has 0 unspecified atom stereocenters. The Bertz CT molecular complexity index is 187. The van der Waals surface area contributed by atoms with Crippen LogP contribution in [0.5, 0.6) is 0 Å². The highest BCUT2D eigenvalue weighted by molar-refractivity contribution is 4.89. The summed E-state index contributed by atoms with van der Waals surface area (Å²) < 4.78 is 0.999. The van der Waals surface area contributed by atoms with E-state index in [1.807, 2.05) is 0 Å². The van der Waals surface area contributed by atoms with Gasteiger partial charge in [0, 0.05) is 0 Å². The molecule has 13 heavy (non-hydrogen) atoms. The van der Waals surface area contributed by atoms with Gasteiger partial charge in [0.25, 0.3) is 0 Å². The summed E-state index contributed by atoms with van der Waals surface area (Å²) in [7, 11) is 4.47. The topological polar surface area (TPSA) is 0 Å². The van der Waals surface area contributed by atoms with Crippen LogP contribution in [0.4, 0.5) is 0 Å². The maximum atomic E-state index is 3.94. The van der Waals surface area contributed by atoms with Gasteiger partial charge in [0.1, 0.15) is 0 Å². The van der Waals surface area contributed by atoms with Crippen molar-refractivity contribution in [2.75, 3.05) is 27.2 Å². The van der Waals surface area contributed by atoms with Gasteiger partial charge in [0.05, 0.1) is 27.2 Å². The minimum absolute atomic E-state index is 0.657.